The highest BCUT2D eigenvalue weighted by molar-refractivity contribution is 5.86. The number of amides is 2. The minimum Gasteiger partial charge on any atom is -0.481 e. The first kappa shape index (κ1) is 13.4. The maximum absolute atomic E-state index is 11.7. The van der Waals surface area contributed by atoms with Crippen LogP contribution in [0, 0.1) is 5.92 Å². The Labute approximate surface area is 98.9 Å². The third kappa shape index (κ3) is 3.16. The topological polar surface area (TPSA) is 113 Å². The molecule has 2 amide bonds. The molecule has 1 aliphatic heterocycles. The van der Waals surface area contributed by atoms with Crippen molar-refractivity contribution in [3.63, 3.8) is 0 Å². The van der Waals surface area contributed by atoms with Gasteiger partial charge in [0.1, 0.15) is 0 Å². The van der Waals surface area contributed by atoms with Crippen LogP contribution in [0.25, 0.3) is 0 Å². The van der Waals surface area contributed by atoms with Crippen LogP contribution >= 0.6 is 0 Å². The summed E-state index contributed by atoms with van der Waals surface area (Å²) in [7, 11) is 0. The number of rotatable bonds is 4. The van der Waals surface area contributed by atoms with E-state index in [4.69, 9.17) is 10.8 Å². The number of carboxylic acids is 1. The molecule has 1 fully saturated rings. The summed E-state index contributed by atoms with van der Waals surface area (Å²) in [6.45, 7) is 1.82. The highest BCUT2D eigenvalue weighted by Gasteiger charge is 2.37. The number of hydrogen-bond donors (Lipinski definition) is 3. The number of nitrogens with zero attached hydrogens (tertiary/aromatic N) is 1. The Morgan fingerprint density at radius 1 is 1.47 bits per heavy atom. The lowest BCUT2D eigenvalue weighted by molar-refractivity contribution is -0.143. The van der Waals surface area contributed by atoms with Gasteiger partial charge in [-0.25, -0.2) is 0 Å². The summed E-state index contributed by atoms with van der Waals surface area (Å²) >= 11 is 0. The zero-order valence-corrected chi connectivity index (χ0v) is 9.68. The van der Waals surface area contributed by atoms with Crippen LogP contribution in [-0.4, -0.2) is 53.5 Å². The highest BCUT2D eigenvalue weighted by Crippen LogP contribution is 2.23. The third-order valence-corrected chi connectivity index (χ3v) is 3.01. The molecular formula is C10H17N3O4. The SMILES string of the molecule is CC1C(C(=O)O)CCN1C(=O)CNC(=O)CN. The monoisotopic (exact) mass is 243 g/mol. The molecule has 7 heteroatoms. The van der Waals surface area contributed by atoms with Crippen molar-refractivity contribution in [1.82, 2.24) is 10.2 Å². The maximum Gasteiger partial charge on any atom is 0.308 e. The summed E-state index contributed by atoms with van der Waals surface area (Å²) < 4.78 is 0. The highest BCUT2D eigenvalue weighted by atomic mass is 16.4. The number of nitrogens with two attached hydrogens (primary N) is 1. The van der Waals surface area contributed by atoms with Crippen LogP contribution in [0.5, 0.6) is 0 Å². The van der Waals surface area contributed by atoms with Gasteiger partial charge in [-0.05, 0) is 13.3 Å². The van der Waals surface area contributed by atoms with Crippen LogP contribution in [0.15, 0.2) is 0 Å². The van der Waals surface area contributed by atoms with Crippen molar-refractivity contribution < 1.29 is 19.5 Å². The summed E-state index contributed by atoms with van der Waals surface area (Å²) in [6, 6.07) is -0.338. The van der Waals surface area contributed by atoms with Crippen LogP contribution in [0.4, 0.5) is 0 Å². The van der Waals surface area contributed by atoms with Crippen LogP contribution in [0.2, 0.25) is 0 Å². The lowest BCUT2D eigenvalue weighted by Crippen LogP contribution is -2.44. The molecule has 1 aliphatic rings. The second-order valence-corrected chi connectivity index (χ2v) is 4.04. The van der Waals surface area contributed by atoms with Gasteiger partial charge in [-0.1, -0.05) is 0 Å². The third-order valence-electron chi connectivity index (χ3n) is 3.01. The first-order valence-corrected chi connectivity index (χ1v) is 5.46. The van der Waals surface area contributed by atoms with Crippen molar-refractivity contribution in [2.45, 2.75) is 19.4 Å². The molecule has 0 aromatic rings. The predicted molar refractivity (Wildman–Crippen MR) is 59.0 cm³/mol. The number of carboxylic acid groups (broad SMARTS) is 1. The second kappa shape index (κ2) is 5.62. The molecule has 0 bridgehead atoms. The molecular weight excluding hydrogens is 226 g/mol. The van der Waals surface area contributed by atoms with E-state index in [9.17, 15) is 14.4 Å². The van der Waals surface area contributed by atoms with Crippen molar-refractivity contribution in [2.24, 2.45) is 11.7 Å². The zero-order valence-electron chi connectivity index (χ0n) is 9.68. The van der Waals surface area contributed by atoms with Crippen LogP contribution < -0.4 is 11.1 Å². The average molecular weight is 243 g/mol. The summed E-state index contributed by atoms with van der Waals surface area (Å²) in [6.07, 6.45) is 0.451. The molecule has 0 radical (unpaired) electrons. The van der Waals surface area contributed by atoms with Gasteiger partial charge in [0.15, 0.2) is 0 Å². The Bertz CT molecular complexity index is 332. The van der Waals surface area contributed by atoms with E-state index in [2.05, 4.69) is 5.32 Å². The minimum absolute atomic E-state index is 0.132. The van der Waals surface area contributed by atoms with E-state index >= 15 is 0 Å². The summed E-state index contributed by atoms with van der Waals surface area (Å²) in [5, 5.41) is 11.3. The molecule has 2 atom stereocenters. The second-order valence-electron chi connectivity index (χ2n) is 4.04. The Balaban J connectivity index is 2.49. The molecule has 0 aliphatic carbocycles. The zero-order chi connectivity index (χ0) is 13.0. The quantitative estimate of drug-likeness (QED) is 0.549. The fourth-order valence-electron chi connectivity index (χ4n) is 1.97. The normalized spacial score (nSPS) is 23.5. The van der Waals surface area contributed by atoms with Gasteiger partial charge < -0.3 is 21.1 Å². The van der Waals surface area contributed by atoms with Crippen molar-refractivity contribution in [3.05, 3.63) is 0 Å². The number of likely N-dealkylation sites (tertiary alicyclic amines) is 1. The van der Waals surface area contributed by atoms with Gasteiger partial charge in [0, 0.05) is 12.6 Å². The maximum atomic E-state index is 11.7. The Kier molecular flexibility index (Phi) is 4.45. The molecule has 0 spiro atoms. The summed E-state index contributed by atoms with van der Waals surface area (Å²) in [5.41, 5.74) is 5.09. The van der Waals surface area contributed by atoms with Gasteiger partial charge in [-0.3, -0.25) is 14.4 Å². The van der Waals surface area contributed by atoms with Crippen LogP contribution in [0.3, 0.4) is 0 Å². The molecule has 0 aromatic carbocycles. The van der Waals surface area contributed by atoms with E-state index in [1.165, 1.54) is 4.90 Å². The summed E-state index contributed by atoms with van der Waals surface area (Å²) in [4.78, 5) is 35.0. The first-order chi connectivity index (χ1) is 7.97. The van der Waals surface area contributed by atoms with E-state index in [1.807, 2.05) is 0 Å². The first-order valence-electron chi connectivity index (χ1n) is 5.46. The van der Waals surface area contributed by atoms with Gasteiger partial charge >= 0.3 is 5.97 Å². The Morgan fingerprint density at radius 3 is 2.59 bits per heavy atom. The van der Waals surface area contributed by atoms with E-state index in [0.717, 1.165) is 0 Å². The van der Waals surface area contributed by atoms with E-state index in [-0.39, 0.29) is 25.0 Å². The smallest absolute Gasteiger partial charge is 0.308 e. The molecule has 2 unspecified atom stereocenters. The van der Waals surface area contributed by atoms with Crippen molar-refractivity contribution in [2.75, 3.05) is 19.6 Å². The summed E-state index contributed by atoms with van der Waals surface area (Å²) in [5.74, 6) is -2.09. The number of aliphatic carboxylic acids is 1. The lowest BCUT2D eigenvalue weighted by Gasteiger charge is -2.23. The number of hydrogen-bond acceptors (Lipinski definition) is 4. The van der Waals surface area contributed by atoms with Gasteiger partial charge in [0.2, 0.25) is 11.8 Å². The molecule has 7 nitrogen and oxygen atoms in total. The largest absolute Gasteiger partial charge is 0.481 e. The molecule has 1 saturated heterocycles. The fraction of sp³-hybridized carbons (Fsp3) is 0.700. The lowest BCUT2D eigenvalue weighted by atomic mass is 10.0. The fourth-order valence-corrected chi connectivity index (χ4v) is 1.97. The molecule has 17 heavy (non-hydrogen) atoms. The van der Waals surface area contributed by atoms with E-state index < -0.39 is 17.8 Å². The Hall–Kier alpha value is -1.63. The molecule has 1 heterocycles. The van der Waals surface area contributed by atoms with Gasteiger partial charge in [0.25, 0.3) is 0 Å². The molecule has 96 valence electrons. The minimum atomic E-state index is -0.890. The Morgan fingerprint density at radius 2 is 2.12 bits per heavy atom. The number of carbonyl (C=O) groups is 3. The van der Waals surface area contributed by atoms with E-state index in [1.54, 1.807) is 6.92 Å². The molecule has 4 N–H and O–H groups in total. The van der Waals surface area contributed by atoms with Crippen LogP contribution in [-0.2, 0) is 14.4 Å². The van der Waals surface area contributed by atoms with Crippen molar-refractivity contribution >= 4 is 17.8 Å². The van der Waals surface area contributed by atoms with Crippen molar-refractivity contribution in [1.29, 1.82) is 0 Å². The molecule has 0 saturated carbocycles. The van der Waals surface area contributed by atoms with Crippen LogP contribution in [0.1, 0.15) is 13.3 Å². The number of nitrogens with one attached hydrogen (secondary N) is 1. The number of carbonyl (C=O) groups excluding carboxylic acids is 2. The predicted octanol–water partition coefficient (Wildman–Crippen LogP) is -1.62. The average Bonchev–Trinajstić information content (AvgIpc) is 2.67. The van der Waals surface area contributed by atoms with Gasteiger partial charge in [0.05, 0.1) is 19.0 Å². The molecule has 1 rings (SSSR count). The van der Waals surface area contributed by atoms with Gasteiger partial charge in [-0.15, -0.1) is 0 Å². The van der Waals surface area contributed by atoms with Gasteiger partial charge in [-0.2, -0.15) is 0 Å². The van der Waals surface area contributed by atoms with Crippen molar-refractivity contribution in [3.8, 4) is 0 Å². The van der Waals surface area contributed by atoms with E-state index in [0.29, 0.717) is 13.0 Å². The molecule has 0 aromatic heterocycles. The standard InChI is InChI=1S/C10H17N3O4/c1-6-7(10(16)17)2-3-13(6)9(15)5-12-8(14)4-11/h6-7H,2-5,11H2,1H3,(H,12,14)(H,16,17).